The molecule has 0 spiro atoms. The van der Waals surface area contributed by atoms with Crippen molar-refractivity contribution < 1.29 is 4.79 Å². The van der Waals surface area contributed by atoms with Crippen molar-refractivity contribution >= 4 is 5.78 Å². The molecule has 0 aromatic heterocycles. The van der Waals surface area contributed by atoms with Gasteiger partial charge >= 0.3 is 0 Å². The molecule has 0 saturated carbocycles. The van der Waals surface area contributed by atoms with Crippen molar-refractivity contribution in [2.75, 3.05) is 0 Å². The van der Waals surface area contributed by atoms with E-state index in [0.29, 0.717) is 16.8 Å². The van der Waals surface area contributed by atoms with Crippen LogP contribution < -0.4 is 5.73 Å². The summed E-state index contributed by atoms with van der Waals surface area (Å²) in [5.41, 5.74) is 6.92. The van der Waals surface area contributed by atoms with Crippen LogP contribution in [0.2, 0.25) is 0 Å². The lowest BCUT2D eigenvalue weighted by molar-refractivity contribution is 0.104. The monoisotopic (exact) mass is 186 g/mol. The Labute approximate surface area is 82.5 Å². The van der Waals surface area contributed by atoms with Crippen LogP contribution in [-0.4, -0.2) is 5.78 Å². The van der Waals surface area contributed by atoms with Crippen LogP contribution in [0.3, 0.4) is 0 Å². The van der Waals surface area contributed by atoms with Gasteiger partial charge in [-0.2, -0.15) is 5.26 Å². The quantitative estimate of drug-likeness (QED) is 0.563. The molecule has 0 aliphatic rings. The average Bonchev–Trinajstić information content (AvgIpc) is 2.17. The Bertz CT molecular complexity index is 406. The van der Waals surface area contributed by atoms with Crippen molar-refractivity contribution in [2.45, 2.75) is 6.92 Å². The van der Waals surface area contributed by atoms with E-state index in [4.69, 9.17) is 11.0 Å². The molecule has 0 aliphatic carbocycles. The molecular weight excluding hydrogens is 176 g/mol. The van der Waals surface area contributed by atoms with Crippen LogP contribution in [0.15, 0.2) is 36.0 Å². The lowest BCUT2D eigenvalue weighted by atomic mass is 10.1. The topological polar surface area (TPSA) is 66.9 Å². The van der Waals surface area contributed by atoms with Crippen molar-refractivity contribution in [3.63, 3.8) is 0 Å². The zero-order chi connectivity index (χ0) is 10.6. The summed E-state index contributed by atoms with van der Waals surface area (Å²) in [6.07, 6.45) is 1.36. The summed E-state index contributed by atoms with van der Waals surface area (Å²) in [6, 6.07) is 8.41. The van der Waals surface area contributed by atoms with Crippen LogP contribution >= 0.6 is 0 Å². The molecule has 0 amide bonds. The van der Waals surface area contributed by atoms with E-state index in [1.54, 1.807) is 31.2 Å². The first-order chi connectivity index (χ1) is 6.63. The second-order valence-corrected chi connectivity index (χ2v) is 2.94. The molecular formula is C11H10N2O. The number of benzene rings is 1. The Balaban J connectivity index is 2.94. The lowest BCUT2D eigenvalue weighted by Crippen LogP contribution is -1.99. The maximum absolute atomic E-state index is 11.4. The summed E-state index contributed by atoms with van der Waals surface area (Å²) in [5, 5.41) is 8.55. The number of ketones is 1. The number of nitrogens with two attached hydrogens (primary N) is 1. The zero-order valence-corrected chi connectivity index (χ0v) is 7.82. The minimum atomic E-state index is -0.144. The molecule has 3 nitrogen and oxygen atoms in total. The number of rotatable bonds is 2. The summed E-state index contributed by atoms with van der Waals surface area (Å²) < 4.78 is 0. The molecule has 1 rings (SSSR count). The highest BCUT2D eigenvalue weighted by Gasteiger charge is 2.01. The molecule has 0 bridgehead atoms. The van der Waals surface area contributed by atoms with Crippen LogP contribution in [0, 0.1) is 11.3 Å². The summed E-state index contributed by atoms with van der Waals surface area (Å²) in [4.78, 5) is 11.4. The minimum absolute atomic E-state index is 0.144. The highest BCUT2D eigenvalue weighted by atomic mass is 16.1. The summed E-state index contributed by atoms with van der Waals surface area (Å²) >= 11 is 0. The first kappa shape index (κ1) is 10.0. The maximum atomic E-state index is 11.4. The molecule has 3 heteroatoms. The predicted molar refractivity (Wildman–Crippen MR) is 53.4 cm³/mol. The van der Waals surface area contributed by atoms with Crippen LogP contribution in [0.4, 0.5) is 0 Å². The Hall–Kier alpha value is -2.08. The predicted octanol–water partition coefficient (Wildman–Crippen LogP) is 1.60. The van der Waals surface area contributed by atoms with E-state index in [1.165, 1.54) is 6.08 Å². The molecule has 0 atom stereocenters. The summed E-state index contributed by atoms with van der Waals surface area (Å²) in [6.45, 7) is 1.65. The largest absolute Gasteiger partial charge is 0.402 e. The molecule has 14 heavy (non-hydrogen) atoms. The van der Waals surface area contributed by atoms with Gasteiger partial charge in [-0.25, -0.2) is 0 Å². The molecule has 0 unspecified atom stereocenters. The molecule has 0 saturated heterocycles. The number of carbonyl (C=O) groups excluding carboxylic acids is 1. The van der Waals surface area contributed by atoms with E-state index in [1.807, 2.05) is 6.07 Å². The highest BCUT2D eigenvalue weighted by Crippen LogP contribution is 2.05. The maximum Gasteiger partial charge on any atom is 0.187 e. The standard InChI is InChI=1S/C11H10N2O/c1-8(13)6-11(14)10-4-2-9(7-12)3-5-10/h2-6H,13H2,1H3. The molecule has 1 aromatic carbocycles. The van der Waals surface area contributed by atoms with Gasteiger partial charge in [-0.3, -0.25) is 4.79 Å². The first-order valence-electron chi connectivity index (χ1n) is 4.12. The third-order valence-corrected chi connectivity index (χ3v) is 1.66. The average molecular weight is 186 g/mol. The van der Waals surface area contributed by atoms with Crippen molar-refractivity contribution in [1.29, 1.82) is 5.26 Å². The Morgan fingerprint density at radius 2 is 2.00 bits per heavy atom. The smallest absolute Gasteiger partial charge is 0.187 e. The molecule has 0 aliphatic heterocycles. The first-order valence-corrected chi connectivity index (χ1v) is 4.12. The molecule has 2 N–H and O–H groups in total. The fourth-order valence-electron chi connectivity index (χ4n) is 0.999. The summed E-state index contributed by atoms with van der Waals surface area (Å²) in [5.74, 6) is -0.144. The van der Waals surface area contributed by atoms with Crippen LogP contribution in [-0.2, 0) is 0 Å². The van der Waals surface area contributed by atoms with Gasteiger partial charge in [-0.1, -0.05) is 0 Å². The van der Waals surface area contributed by atoms with E-state index < -0.39 is 0 Å². The number of allylic oxidation sites excluding steroid dienone is 2. The van der Waals surface area contributed by atoms with Gasteiger partial charge in [-0.15, -0.1) is 0 Å². The molecule has 0 heterocycles. The van der Waals surface area contributed by atoms with E-state index in [0.717, 1.165) is 0 Å². The van der Waals surface area contributed by atoms with E-state index in [-0.39, 0.29) is 5.78 Å². The minimum Gasteiger partial charge on any atom is -0.402 e. The van der Waals surface area contributed by atoms with Crippen molar-refractivity contribution in [3.8, 4) is 6.07 Å². The van der Waals surface area contributed by atoms with Crippen LogP contribution in [0.25, 0.3) is 0 Å². The number of carbonyl (C=O) groups is 1. The van der Waals surface area contributed by atoms with E-state index in [9.17, 15) is 4.79 Å². The van der Waals surface area contributed by atoms with Gasteiger partial charge in [0.1, 0.15) is 0 Å². The molecule has 0 fully saturated rings. The Morgan fingerprint density at radius 1 is 1.43 bits per heavy atom. The zero-order valence-electron chi connectivity index (χ0n) is 7.82. The van der Waals surface area contributed by atoms with Gasteiger partial charge in [0.25, 0.3) is 0 Å². The van der Waals surface area contributed by atoms with Gasteiger partial charge in [0.2, 0.25) is 0 Å². The Kier molecular flexibility index (Phi) is 3.03. The fourth-order valence-corrected chi connectivity index (χ4v) is 0.999. The molecule has 1 aromatic rings. The van der Waals surface area contributed by atoms with Gasteiger partial charge in [0.15, 0.2) is 5.78 Å². The third-order valence-electron chi connectivity index (χ3n) is 1.66. The SMILES string of the molecule is CC(N)=CC(=O)c1ccc(C#N)cc1. The van der Waals surface area contributed by atoms with Crippen molar-refractivity contribution in [1.82, 2.24) is 0 Å². The van der Waals surface area contributed by atoms with Gasteiger partial charge in [-0.05, 0) is 31.2 Å². The van der Waals surface area contributed by atoms with Gasteiger partial charge in [0.05, 0.1) is 11.6 Å². The highest BCUT2D eigenvalue weighted by molar-refractivity contribution is 6.04. The summed E-state index contributed by atoms with van der Waals surface area (Å²) in [7, 11) is 0. The number of nitriles is 1. The molecule has 70 valence electrons. The number of nitrogens with zero attached hydrogens (tertiary/aromatic N) is 1. The number of hydrogen-bond donors (Lipinski definition) is 1. The Morgan fingerprint density at radius 3 is 2.43 bits per heavy atom. The van der Waals surface area contributed by atoms with Gasteiger partial charge < -0.3 is 5.73 Å². The number of hydrogen-bond acceptors (Lipinski definition) is 3. The fraction of sp³-hybridized carbons (Fsp3) is 0.0909. The van der Waals surface area contributed by atoms with Crippen LogP contribution in [0.1, 0.15) is 22.8 Å². The third kappa shape index (κ3) is 2.46. The van der Waals surface area contributed by atoms with Gasteiger partial charge in [0, 0.05) is 17.3 Å². The van der Waals surface area contributed by atoms with Crippen molar-refractivity contribution in [3.05, 3.63) is 47.2 Å². The van der Waals surface area contributed by atoms with Crippen molar-refractivity contribution in [2.24, 2.45) is 5.73 Å². The lowest BCUT2D eigenvalue weighted by Gasteiger charge is -1.96. The second-order valence-electron chi connectivity index (χ2n) is 2.94. The normalized spacial score (nSPS) is 10.7. The molecule has 0 radical (unpaired) electrons. The van der Waals surface area contributed by atoms with E-state index >= 15 is 0 Å². The second kappa shape index (κ2) is 4.24. The van der Waals surface area contributed by atoms with E-state index in [2.05, 4.69) is 0 Å². The van der Waals surface area contributed by atoms with Crippen LogP contribution in [0.5, 0.6) is 0 Å².